The molecule has 5 nitrogen and oxygen atoms in total. The van der Waals surface area contributed by atoms with E-state index in [9.17, 15) is 9.59 Å². The lowest BCUT2D eigenvalue weighted by Gasteiger charge is -2.16. The number of ether oxygens (including phenoxy) is 1. The highest BCUT2D eigenvalue weighted by Crippen LogP contribution is 2.25. The highest BCUT2D eigenvalue weighted by Gasteiger charge is 2.21. The Bertz CT molecular complexity index is 807. The van der Waals surface area contributed by atoms with E-state index in [1.165, 1.54) is 0 Å². The fraction of sp³-hybridized carbons (Fsp3) is 0.263. The zero-order chi connectivity index (χ0) is 17.8. The summed E-state index contributed by atoms with van der Waals surface area (Å²) >= 11 is 3.40. The van der Waals surface area contributed by atoms with Gasteiger partial charge in [-0.3, -0.25) is 9.59 Å². The van der Waals surface area contributed by atoms with E-state index in [2.05, 4.69) is 21.2 Å². The molecule has 1 aliphatic heterocycles. The molecule has 2 aromatic carbocycles. The number of carbonyl (C=O) groups is 2. The molecule has 2 amide bonds. The highest BCUT2D eigenvalue weighted by molar-refractivity contribution is 9.10. The van der Waals surface area contributed by atoms with Crippen LogP contribution < -0.4 is 15.0 Å². The monoisotopic (exact) mass is 402 g/mol. The Labute approximate surface area is 155 Å². The number of aryl methyl sites for hydroxylation is 1. The number of rotatable bonds is 5. The first kappa shape index (κ1) is 17.5. The van der Waals surface area contributed by atoms with Crippen molar-refractivity contribution in [3.05, 3.63) is 52.5 Å². The topological polar surface area (TPSA) is 58.6 Å². The Kier molecular flexibility index (Phi) is 5.38. The Morgan fingerprint density at radius 2 is 2.12 bits per heavy atom. The SMILES string of the molecule is Cc1cc(Br)ccc1NC(=O)COc1cccc(N2CCCC2=O)c1. The molecule has 0 radical (unpaired) electrons. The minimum absolute atomic E-state index is 0.0904. The van der Waals surface area contributed by atoms with Crippen LogP contribution in [0.5, 0.6) is 5.75 Å². The Hall–Kier alpha value is -2.34. The first-order valence-corrected chi connectivity index (χ1v) is 8.91. The van der Waals surface area contributed by atoms with E-state index in [4.69, 9.17) is 4.74 Å². The summed E-state index contributed by atoms with van der Waals surface area (Å²) in [5, 5.41) is 2.84. The van der Waals surface area contributed by atoms with Crippen LogP contribution in [0.3, 0.4) is 0 Å². The molecule has 2 aromatic rings. The summed E-state index contributed by atoms with van der Waals surface area (Å²) < 4.78 is 6.55. The predicted molar refractivity (Wildman–Crippen MR) is 101 cm³/mol. The number of halogens is 1. The normalized spacial score (nSPS) is 13.8. The van der Waals surface area contributed by atoms with Gasteiger partial charge in [0, 0.05) is 34.9 Å². The highest BCUT2D eigenvalue weighted by atomic mass is 79.9. The van der Waals surface area contributed by atoms with Crippen LogP contribution in [0, 0.1) is 6.92 Å². The van der Waals surface area contributed by atoms with Crippen LogP contribution in [0.2, 0.25) is 0 Å². The van der Waals surface area contributed by atoms with E-state index in [0.29, 0.717) is 12.2 Å². The smallest absolute Gasteiger partial charge is 0.262 e. The van der Waals surface area contributed by atoms with Crippen molar-refractivity contribution >= 4 is 39.1 Å². The zero-order valence-electron chi connectivity index (χ0n) is 13.9. The van der Waals surface area contributed by atoms with Gasteiger partial charge < -0.3 is 15.0 Å². The van der Waals surface area contributed by atoms with Crippen LogP contribution in [-0.4, -0.2) is 25.0 Å². The number of hydrogen-bond donors (Lipinski definition) is 1. The molecular formula is C19H19BrN2O3. The second-order valence-electron chi connectivity index (χ2n) is 5.94. The maximum atomic E-state index is 12.1. The van der Waals surface area contributed by atoms with Gasteiger partial charge in [0.2, 0.25) is 5.91 Å². The number of hydrogen-bond acceptors (Lipinski definition) is 3. The zero-order valence-corrected chi connectivity index (χ0v) is 15.5. The number of anilines is 2. The molecule has 0 saturated carbocycles. The molecule has 25 heavy (non-hydrogen) atoms. The average molecular weight is 403 g/mol. The average Bonchev–Trinajstić information content (AvgIpc) is 3.02. The summed E-state index contributed by atoms with van der Waals surface area (Å²) in [6, 6.07) is 12.9. The largest absolute Gasteiger partial charge is 0.484 e. The molecule has 0 aliphatic carbocycles. The summed E-state index contributed by atoms with van der Waals surface area (Å²) in [5.74, 6) is 0.466. The van der Waals surface area contributed by atoms with Gasteiger partial charge in [-0.15, -0.1) is 0 Å². The molecule has 0 spiro atoms. The summed E-state index contributed by atoms with van der Waals surface area (Å²) in [7, 11) is 0. The predicted octanol–water partition coefficient (Wildman–Crippen LogP) is 3.90. The van der Waals surface area contributed by atoms with Crippen molar-refractivity contribution in [2.24, 2.45) is 0 Å². The number of nitrogens with zero attached hydrogens (tertiary/aromatic N) is 1. The van der Waals surface area contributed by atoms with Crippen molar-refractivity contribution in [2.75, 3.05) is 23.4 Å². The lowest BCUT2D eigenvalue weighted by Crippen LogP contribution is -2.24. The molecule has 0 atom stereocenters. The van der Waals surface area contributed by atoms with Gasteiger partial charge in [0.05, 0.1) is 0 Å². The standard InChI is InChI=1S/C19H19BrN2O3/c1-13-10-14(20)7-8-17(13)21-18(23)12-25-16-5-2-4-15(11-16)22-9-3-6-19(22)24/h2,4-5,7-8,10-11H,3,6,9,12H2,1H3,(H,21,23). The van der Waals surface area contributed by atoms with Crippen molar-refractivity contribution in [1.29, 1.82) is 0 Å². The van der Waals surface area contributed by atoms with Crippen LogP contribution in [0.25, 0.3) is 0 Å². The van der Waals surface area contributed by atoms with E-state index in [1.807, 2.05) is 37.3 Å². The summed E-state index contributed by atoms with van der Waals surface area (Å²) in [6.07, 6.45) is 1.46. The number of amides is 2. The Balaban J connectivity index is 1.59. The summed E-state index contributed by atoms with van der Waals surface area (Å²) in [4.78, 5) is 25.7. The van der Waals surface area contributed by atoms with Gasteiger partial charge in [0.15, 0.2) is 6.61 Å². The van der Waals surface area contributed by atoms with Crippen LogP contribution in [-0.2, 0) is 9.59 Å². The quantitative estimate of drug-likeness (QED) is 0.824. The lowest BCUT2D eigenvalue weighted by molar-refractivity contribution is -0.118. The van der Waals surface area contributed by atoms with Gasteiger partial charge in [-0.05, 0) is 49.2 Å². The molecular weight excluding hydrogens is 384 g/mol. The Morgan fingerprint density at radius 1 is 1.28 bits per heavy atom. The molecule has 1 fully saturated rings. The van der Waals surface area contributed by atoms with E-state index < -0.39 is 0 Å². The van der Waals surface area contributed by atoms with Crippen molar-refractivity contribution in [2.45, 2.75) is 19.8 Å². The number of carbonyl (C=O) groups excluding carboxylic acids is 2. The van der Waals surface area contributed by atoms with Crippen LogP contribution in [0.1, 0.15) is 18.4 Å². The maximum absolute atomic E-state index is 12.1. The van der Waals surface area contributed by atoms with E-state index in [-0.39, 0.29) is 18.4 Å². The second-order valence-corrected chi connectivity index (χ2v) is 6.86. The second kappa shape index (κ2) is 7.70. The van der Waals surface area contributed by atoms with Gasteiger partial charge in [-0.2, -0.15) is 0 Å². The van der Waals surface area contributed by atoms with E-state index >= 15 is 0 Å². The molecule has 1 N–H and O–H groups in total. The van der Waals surface area contributed by atoms with Gasteiger partial charge in [-0.25, -0.2) is 0 Å². The minimum atomic E-state index is -0.229. The fourth-order valence-corrected chi connectivity index (χ4v) is 3.24. The van der Waals surface area contributed by atoms with Crippen molar-refractivity contribution in [3.8, 4) is 5.75 Å². The molecule has 0 aromatic heterocycles. The van der Waals surface area contributed by atoms with Crippen LogP contribution >= 0.6 is 15.9 Å². The van der Waals surface area contributed by atoms with Gasteiger partial charge in [0.1, 0.15) is 5.75 Å². The van der Waals surface area contributed by atoms with E-state index in [0.717, 1.165) is 34.4 Å². The summed E-state index contributed by atoms with van der Waals surface area (Å²) in [5.41, 5.74) is 2.54. The maximum Gasteiger partial charge on any atom is 0.262 e. The van der Waals surface area contributed by atoms with Crippen molar-refractivity contribution in [1.82, 2.24) is 0 Å². The van der Waals surface area contributed by atoms with E-state index in [1.54, 1.807) is 17.0 Å². The van der Waals surface area contributed by atoms with Gasteiger partial charge in [0.25, 0.3) is 5.91 Å². The third-order valence-electron chi connectivity index (χ3n) is 4.04. The molecule has 0 unspecified atom stereocenters. The van der Waals surface area contributed by atoms with Crippen molar-refractivity contribution < 1.29 is 14.3 Å². The van der Waals surface area contributed by atoms with Gasteiger partial charge >= 0.3 is 0 Å². The summed E-state index contributed by atoms with van der Waals surface area (Å²) in [6.45, 7) is 2.57. The lowest BCUT2D eigenvalue weighted by atomic mass is 10.2. The third-order valence-corrected chi connectivity index (χ3v) is 4.53. The molecule has 0 bridgehead atoms. The molecule has 1 aliphatic rings. The third kappa shape index (κ3) is 4.39. The molecule has 1 saturated heterocycles. The fourth-order valence-electron chi connectivity index (χ4n) is 2.76. The minimum Gasteiger partial charge on any atom is -0.484 e. The number of nitrogens with one attached hydrogen (secondary N) is 1. The van der Waals surface area contributed by atoms with Crippen molar-refractivity contribution in [3.63, 3.8) is 0 Å². The first-order chi connectivity index (χ1) is 12.0. The molecule has 130 valence electrons. The van der Waals surface area contributed by atoms with Crippen LogP contribution in [0.15, 0.2) is 46.9 Å². The molecule has 3 rings (SSSR count). The van der Waals surface area contributed by atoms with Gasteiger partial charge in [-0.1, -0.05) is 22.0 Å². The Morgan fingerprint density at radius 3 is 2.84 bits per heavy atom. The first-order valence-electron chi connectivity index (χ1n) is 8.12. The molecule has 6 heteroatoms. The molecule has 1 heterocycles. The van der Waals surface area contributed by atoms with Crippen LogP contribution in [0.4, 0.5) is 11.4 Å². The number of benzene rings is 2.